The number of hydrogen-bond donors (Lipinski definition) is 2. The lowest BCUT2D eigenvalue weighted by Crippen LogP contribution is -2.21. The first-order chi connectivity index (χ1) is 11.0. The van der Waals surface area contributed by atoms with Gasteiger partial charge in [0.1, 0.15) is 9.96 Å². The predicted molar refractivity (Wildman–Crippen MR) is 89.3 cm³/mol. The summed E-state index contributed by atoms with van der Waals surface area (Å²) >= 11 is 0.934. The van der Waals surface area contributed by atoms with E-state index in [-0.39, 0.29) is 10.1 Å². The molecule has 1 aromatic heterocycles. The van der Waals surface area contributed by atoms with Gasteiger partial charge in [0.15, 0.2) is 0 Å². The summed E-state index contributed by atoms with van der Waals surface area (Å²) in [5, 5.41) is 2.76. The van der Waals surface area contributed by atoms with E-state index in [0.717, 1.165) is 22.6 Å². The SMILES string of the molecule is CCOc1ccc(CNC(=O)c2ccc(S(=O)(=O)NC)s2)cc1. The summed E-state index contributed by atoms with van der Waals surface area (Å²) in [5.41, 5.74) is 0.932. The molecular formula is C15H18N2O4S2. The highest BCUT2D eigenvalue weighted by Crippen LogP contribution is 2.21. The van der Waals surface area contributed by atoms with Crippen LogP contribution < -0.4 is 14.8 Å². The van der Waals surface area contributed by atoms with Crippen LogP contribution in [0.1, 0.15) is 22.2 Å². The first kappa shape index (κ1) is 17.5. The number of ether oxygens (including phenoxy) is 1. The maximum atomic E-state index is 12.1. The van der Waals surface area contributed by atoms with E-state index in [1.807, 2.05) is 31.2 Å². The molecule has 0 atom stereocenters. The summed E-state index contributed by atoms with van der Waals surface area (Å²) in [6, 6.07) is 10.3. The molecule has 23 heavy (non-hydrogen) atoms. The van der Waals surface area contributed by atoms with Crippen LogP contribution in [0.5, 0.6) is 5.75 Å². The van der Waals surface area contributed by atoms with Gasteiger partial charge in [0.2, 0.25) is 10.0 Å². The zero-order valence-corrected chi connectivity index (χ0v) is 14.5. The second-order valence-corrected chi connectivity index (χ2v) is 7.78. The van der Waals surface area contributed by atoms with Gasteiger partial charge in [-0.05, 0) is 43.8 Å². The van der Waals surface area contributed by atoms with Crippen molar-refractivity contribution >= 4 is 27.3 Å². The monoisotopic (exact) mass is 354 g/mol. The van der Waals surface area contributed by atoms with Crippen LogP contribution in [0.15, 0.2) is 40.6 Å². The van der Waals surface area contributed by atoms with Crippen LogP contribution >= 0.6 is 11.3 Å². The minimum atomic E-state index is -3.51. The number of sulfonamides is 1. The Labute approximate surface area is 139 Å². The van der Waals surface area contributed by atoms with Gasteiger partial charge in [0.05, 0.1) is 11.5 Å². The quantitative estimate of drug-likeness (QED) is 0.796. The Morgan fingerprint density at radius 1 is 1.17 bits per heavy atom. The first-order valence-corrected chi connectivity index (χ1v) is 9.29. The lowest BCUT2D eigenvalue weighted by atomic mass is 10.2. The van der Waals surface area contributed by atoms with E-state index in [2.05, 4.69) is 10.0 Å². The van der Waals surface area contributed by atoms with Crippen LogP contribution in [0.2, 0.25) is 0 Å². The Hall–Kier alpha value is -1.90. The summed E-state index contributed by atoms with van der Waals surface area (Å²) in [4.78, 5) is 12.4. The molecule has 2 N–H and O–H groups in total. The zero-order chi connectivity index (χ0) is 16.9. The van der Waals surface area contributed by atoms with Crippen molar-refractivity contribution in [1.82, 2.24) is 10.0 Å². The molecule has 6 nitrogen and oxygen atoms in total. The molecule has 0 unspecified atom stereocenters. The van der Waals surface area contributed by atoms with Crippen molar-refractivity contribution in [3.05, 3.63) is 46.8 Å². The highest BCUT2D eigenvalue weighted by molar-refractivity contribution is 7.91. The first-order valence-electron chi connectivity index (χ1n) is 6.99. The fourth-order valence-electron chi connectivity index (χ4n) is 1.83. The van der Waals surface area contributed by atoms with Crippen LogP contribution in [0.3, 0.4) is 0 Å². The van der Waals surface area contributed by atoms with E-state index in [1.165, 1.54) is 19.2 Å². The molecule has 0 radical (unpaired) electrons. The van der Waals surface area contributed by atoms with Crippen LogP contribution in [-0.2, 0) is 16.6 Å². The highest BCUT2D eigenvalue weighted by Gasteiger charge is 2.17. The molecule has 0 aliphatic carbocycles. The van der Waals surface area contributed by atoms with Crippen LogP contribution in [0.4, 0.5) is 0 Å². The van der Waals surface area contributed by atoms with Gasteiger partial charge in [-0.15, -0.1) is 11.3 Å². The van der Waals surface area contributed by atoms with Gasteiger partial charge in [-0.3, -0.25) is 4.79 Å². The third-order valence-corrected chi connectivity index (χ3v) is 6.02. The minimum absolute atomic E-state index is 0.117. The zero-order valence-electron chi connectivity index (χ0n) is 12.8. The summed E-state index contributed by atoms with van der Waals surface area (Å²) in [5.74, 6) is 0.476. The smallest absolute Gasteiger partial charge is 0.261 e. The summed E-state index contributed by atoms with van der Waals surface area (Å²) in [6.45, 7) is 2.88. The van der Waals surface area contributed by atoms with Crippen LogP contribution in [0.25, 0.3) is 0 Å². The molecule has 2 aromatic rings. The molecule has 1 heterocycles. The second kappa shape index (κ2) is 7.58. The highest BCUT2D eigenvalue weighted by atomic mass is 32.2. The molecule has 0 saturated heterocycles. The number of benzene rings is 1. The van der Waals surface area contributed by atoms with Crippen molar-refractivity contribution < 1.29 is 17.9 Å². The molecule has 0 spiro atoms. The largest absolute Gasteiger partial charge is 0.494 e. The van der Waals surface area contributed by atoms with Crippen molar-refractivity contribution in [3.8, 4) is 5.75 Å². The van der Waals surface area contributed by atoms with Crippen molar-refractivity contribution in [3.63, 3.8) is 0 Å². The minimum Gasteiger partial charge on any atom is -0.494 e. The molecule has 0 bridgehead atoms. The number of hydrogen-bond acceptors (Lipinski definition) is 5. The van der Waals surface area contributed by atoms with E-state index in [1.54, 1.807) is 0 Å². The summed E-state index contributed by atoms with van der Waals surface area (Å²) in [7, 11) is -2.18. The fraction of sp³-hybridized carbons (Fsp3) is 0.267. The molecule has 8 heteroatoms. The lowest BCUT2D eigenvalue weighted by Gasteiger charge is -2.06. The van der Waals surface area contributed by atoms with Crippen molar-refractivity contribution in [2.45, 2.75) is 17.7 Å². The van der Waals surface area contributed by atoms with E-state index in [9.17, 15) is 13.2 Å². The molecule has 1 aromatic carbocycles. The molecule has 0 aliphatic rings. The summed E-state index contributed by atoms with van der Waals surface area (Å²) in [6.07, 6.45) is 0. The second-order valence-electron chi connectivity index (χ2n) is 4.59. The molecule has 124 valence electrons. The molecule has 1 amide bonds. The van der Waals surface area contributed by atoms with Gasteiger partial charge in [-0.25, -0.2) is 13.1 Å². The van der Waals surface area contributed by atoms with E-state index in [4.69, 9.17) is 4.74 Å². The number of carbonyl (C=O) groups excluding carboxylic acids is 1. The number of carbonyl (C=O) groups is 1. The van der Waals surface area contributed by atoms with Gasteiger partial charge >= 0.3 is 0 Å². The standard InChI is InChI=1S/C15H18N2O4S2/c1-3-21-12-6-4-11(5-7-12)10-17-15(18)13-8-9-14(22-13)23(19,20)16-2/h4-9,16H,3,10H2,1-2H3,(H,17,18). The number of amides is 1. The third-order valence-electron chi connectivity index (χ3n) is 3.03. The Morgan fingerprint density at radius 2 is 1.87 bits per heavy atom. The topological polar surface area (TPSA) is 84.5 Å². The van der Waals surface area contributed by atoms with Crippen LogP contribution in [-0.4, -0.2) is 28.0 Å². The normalized spacial score (nSPS) is 11.2. The molecular weight excluding hydrogens is 336 g/mol. The Morgan fingerprint density at radius 3 is 2.48 bits per heavy atom. The predicted octanol–water partition coefficient (Wildman–Crippen LogP) is 1.98. The Kier molecular flexibility index (Phi) is 5.75. The van der Waals surface area contributed by atoms with Gasteiger partial charge in [0, 0.05) is 6.54 Å². The fourth-order valence-corrected chi connectivity index (χ4v) is 3.89. The summed E-state index contributed by atoms with van der Waals surface area (Å²) < 4.78 is 31.0. The number of rotatable bonds is 7. The number of nitrogens with one attached hydrogen (secondary N) is 2. The van der Waals surface area contributed by atoms with Crippen molar-refractivity contribution in [1.29, 1.82) is 0 Å². The van der Waals surface area contributed by atoms with Gasteiger partial charge in [-0.2, -0.15) is 0 Å². The van der Waals surface area contributed by atoms with E-state index >= 15 is 0 Å². The number of thiophene rings is 1. The van der Waals surface area contributed by atoms with Crippen molar-refractivity contribution in [2.24, 2.45) is 0 Å². The Bertz CT molecular complexity index is 767. The maximum absolute atomic E-state index is 12.1. The molecule has 2 rings (SSSR count). The van der Waals surface area contributed by atoms with Crippen molar-refractivity contribution in [2.75, 3.05) is 13.7 Å². The molecule has 0 fully saturated rings. The third kappa shape index (κ3) is 4.54. The Balaban J connectivity index is 1.97. The lowest BCUT2D eigenvalue weighted by molar-refractivity contribution is 0.0955. The average molecular weight is 354 g/mol. The maximum Gasteiger partial charge on any atom is 0.261 e. The van der Waals surface area contributed by atoms with Gasteiger partial charge in [-0.1, -0.05) is 12.1 Å². The van der Waals surface area contributed by atoms with Gasteiger partial charge < -0.3 is 10.1 Å². The molecule has 0 aliphatic heterocycles. The van der Waals surface area contributed by atoms with Crippen LogP contribution in [0, 0.1) is 0 Å². The van der Waals surface area contributed by atoms with Gasteiger partial charge in [0.25, 0.3) is 5.91 Å². The van der Waals surface area contributed by atoms with E-state index in [0.29, 0.717) is 18.0 Å². The molecule has 0 saturated carbocycles. The average Bonchev–Trinajstić information content (AvgIpc) is 3.05. The van der Waals surface area contributed by atoms with E-state index < -0.39 is 10.0 Å².